The van der Waals surface area contributed by atoms with E-state index in [1.165, 1.54) is 0 Å². The van der Waals surface area contributed by atoms with Gasteiger partial charge in [0.1, 0.15) is 0 Å². The van der Waals surface area contributed by atoms with Crippen molar-refractivity contribution < 1.29 is 9.53 Å². The Morgan fingerprint density at radius 2 is 2.20 bits per heavy atom. The van der Waals surface area contributed by atoms with Crippen LogP contribution in [0.25, 0.3) is 0 Å². The lowest BCUT2D eigenvalue weighted by Gasteiger charge is -2.07. The van der Waals surface area contributed by atoms with Gasteiger partial charge in [-0.05, 0) is 24.5 Å². The van der Waals surface area contributed by atoms with Gasteiger partial charge in [-0.3, -0.25) is 0 Å². The molecule has 1 aromatic rings. The van der Waals surface area contributed by atoms with Crippen LogP contribution in [0, 0.1) is 0 Å². The fourth-order valence-electron chi connectivity index (χ4n) is 1.33. The molecule has 0 bridgehead atoms. The maximum Gasteiger partial charge on any atom is 0.338 e. The Balaban J connectivity index is 2.82. The van der Waals surface area contributed by atoms with Crippen LogP contribution >= 0.6 is 0 Å². The van der Waals surface area contributed by atoms with Gasteiger partial charge >= 0.3 is 5.97 Å². The van der Waals surface area contributed by atoms with Crippen molar-refractivity contribution in [3.05, 3.63) is 48.0 Å². The third-order valence-corrected chi connectivity index (χ3v) is 2.04. The lowest BCUT2D eigenvalue weighted by atomic mass is 10.1. The molecule has 0 aromatic heterocycles. The monoisotopic (exact) mass is 204 g/mol. The van der Waals surface area contributed by atoms with E-state index >= 15 is 0 Å². The van der Waals surface area contributed by atoms with Gasteiger partial charge in [-0.15, -0.1) is 6.58 Å². The second-order valence-electron chi connectivity index (χ2n) is 3.29. The zero-order valence-electron chi connectivity index (χ0n) is 9.03. The van der Waals surface area contributed by atoms with E-state index in [4.69, 9.17) is 4.74 Å². The average Bonchev–Trinajstić information content (AvgIpc) is 2.27. The van der Waals surface area contributed by atoms with Crippen molar-refractivity contribution >= 4 is 5.97 Å². The van der Waals surface area contributed by atoms with Crippen LogP contribution < -0.4 is 0 Å². The zero-order valence-corrected chi connectivity index (χ0v) is 9.03. The summed E-state index contributed by atoms with van der Waals surface area (Å²) in [6.45, 7) is 6.12. The largest absolute Gasteiger partial charge is 0.462 e. The number of ether oxygens (including phenoxy) is 1. The van der Waals surface area contributed by atoms with E-state index in [-0.39, 0.29) is 5.97 Å². The highest BCUT2D eigenvalue weighted by Crippen LogP contribution is 2.11. The van der Waals surface area contributed by atoms with E-state index in [0.29, 0.717) is 18.6 Å². The van der Waals surface area contributed by atoms with Gasteiger partial charge in [0.15, 0.2) is 0 Å². The highest BCUT2D eigenvalue weighted by atomic mass is 16.5. The predicted octanol–water partition coefficient (Wildman–Crippen LogP) is 2.98. The van der Waals surface area contributed by atoms with E-state index in [9.17, 15) is 4.79 Å². The molecule has 0 N–H and O–H groups in total. The quantitative estimate of drug-likeness (QED) is 0.544. The van der Waals surface area contributed by atoms with Gasteiger partial charge in [0.25, 0.3) is 0 Å². The lowest BCUT2D eigenvalue weighted by molar-refractivity contribution is 0.0504. The van der Waals surface area contributed by atoms with Crippen LogP contribution in [-0.4, -0.2) is 12.6 Å². The van der Waals surface area contributed by atoms with Gasteiger partial charge in [-0.2, -0.15) is 0 Å². The van der Waals surface area contributed by atoms with E-state index < -0.39 is 0 Å². The fraction of sp³-hybridized carbons (Fsp3) is 0.308. The lowest BCUT2D eigenvalue weighted by Crippen LogP contribution is -2.08. The van der Waals surface area contributed by atoms with Gasteiger partial charge in [-0.1, -0.05) is 31.2 Å². The number of rotatable bonds is 5. The van der Waals surface area contributed by atoms with Gasteiger partial charge in [0.2, 0.25) is 0 Å². The number of benzene rings is 1. The third kappa shape index (κ3) is 3.24. The first-order chi connectivity index (χ1) is 7.29. The predicted molar refractivity (Wildman–Crippen MR) is 60.9 cm³/mol. The molecule has 1 aromatic carbocycles. The number of carbonyl (C=O) groups excluding carboxylic acids is 1. The number of hydrogen-bond acceptors (Lipinski definition) is 2. The first-order valence-corrected chi connectivity index (χ1v) is 5.15. The molecule has 0 unspecified atom stereocenters. The molecule has 1 rings (SSSR count). The summed E-state index contributed by atoms with van der Waals surface area (Å²) in [5.74, 6) is -0.241. The van der Waals surface area contributed by atoms with Gasteiger partial charge < -0.3 is 4.74 Å². The molecule has 80 valence electrons. The Bertz CT molecular complexity index is 342. The van der Waals surface area contributed by atoms with Gasteiger partial charge in [0.05, 0.1) is 12.2 Å². The summed E-state index contributed by atoms with van der Waals surface area (Å²) in [7, 11) is 0. The smallest absolute Gasteiger partial charge is 0.338 e. The number of allylic oxidation sites excluding steroid dienone is 1. The van der Waals surface area contributed by atoms with Crippen LogP contribution in [-0.2, 0) is 11.2 Å². The van der Waals surface area contributed by atoms with Gasteiger partial charge in [0, 0.05) is 0 Å². The zero-order chi connectivity index (χ0) is 11.1. The van der Waals surface area contributed by atoms with Crippen LogP contribution in [0.15, 0.2) is 36.9 Å². The molecule has 0 aliphatic heterocycles. The SMILES string of the molecule is C=CCc1ccccc1C(=O)OCCC. The molecule has 15 heavy (non-hydrogen) atoms. The maximum atomic E-state index is 11.6. The minimum atomic E-state index is -0.241. The summed E-state index contributed by atoms with van der Waals surface area (Å²) in [5.41, 5.74) is 1.61. The molecule has 0 spiro atoms. The standard InChI is InChI=1S/C13H16O2/c1-3-7-11-8-5-6-9-12(11)13(14)15-10-4-2/h3,5-6,8-9H,1,4,7,10H2,2H3. The Kier molecular flexibility index (Phi) is 4.61. The molecule has 0 aliphatic rings. The summed E-state index contributed by atoms with van der Waals surface area (Å²) in [6.07, 6.45) is 3.32. The number of carbonyl (C=O) groups is 1. The molecule has 2 heteroatoms. The molecule has 0 saturated heterocycles. The summed E-state index contributed by atoms with van der Waals surface area (Å²) < 4.78 is 5.09. The Hall–Kier alpha value is -1.57. The second-order valence-corrected chi connectivity index (χ2v) is 3.29. The fourth-order valence-corrected chi connectivity index (χ4v) is 1.33. The molecule has 2 nitrogen and oxygen atoms in total. The minimum Gasteiger partial charge on any atom is -0.462 e. The van der Waals surface area contributed by atoms with Gasteiger partial charge in [-0.25, -0.2) is 4.79 Å². The van der Waals surface area contributed by atoms with Crippen LogP contribution in [0.2, 0.25) is 0 Å². The number of esters is 1. The Morgan fingerprint density at radius 3 is 2.87 bits per heavy atom. The summed E-state index contributed by atoms with van der Waals surface area (Å²) in [4.78, 5) is 11.6. The van der Waals surface area contributed by atoms with Crippen molar-refractivity contribution in [2.75, 3.05) is 6.61 Å². The van der Waals surface area contributed by atoms with E-state index in [2.05, 4.69) is 6.58 Å². The minimum absolute atomic E-state index is 0.241. The van der Waals surface area contributed by atoms with Crippen molar-refractivity contribution in [1.82, 2.24) is 0 Å². The second kappa shape index (κ2) is 6.02. The van der Waals surface area contributed by atoms with Crippen molar-refractivity contribution in [2.45, 2.75) is 19.8 Å². The molecule has 0 fully saturated rings. The first kappa shape index (κ1) is 11.5. The van der Waals surface area contributed by atoms with Crippen molar-refractivity contribution in [3.63, 3.8) is 0 Å². The normalized spacial score (nSPS) is 9.67. The molecule has 0 heterocycles. The summed E-state index contributed by atoms with van der Waals surface area (Å²) in [6, 6.07) is 7.46. The summed E-state index contributed by atoms with van der Waals surface area (Å²) in [5, 5.41) is 0. The molecule has 0 atom stereocenters. The molecular formula is C13H16O2. The highest BCUT2D eigenvalue weighted by molar-refractivity contribution is 5.91. The van der Waals surface area contributed by atoms with Crippen molar-refractivity contribution in [1.29, 1.82) is 0 Å². The Morgan fingerprint density at radius 1 is 1.47 bits per heavy atom. The van der Waals surface area contributed by atoms with Crippen LogP contribution in [0.4, 0.5) is 0 Å². The molecular weight excluding hydrogens is 188 g/mol. The van der Waals surface area contributed by atoms with Crippen LogP contribution in [0.5, 0.6) is 0 Å². The topological polar surface area (TPSA) is 26.3 Å². The molecule has 0 amide bonds. The number of hydrogen-bond donors (Lipinski definition) is 0. The highest BCUT2D eigenvalue weighted by Gasteiger charge is 2.10. The van der Waals surface area contributed by atoms with E-state index in [1.54, 1.807) is 12.1 Å². The molecule has 0 saturated carbocycles. The third-order valence-electron chi connectivity index (χ3n) is 2.04. The average molecular weight is 204 g/mol. The van der Waals surface area contributed by atoms with E-state index in [1.807, 2.05) is 25.1 Å². The van der Waals surface area contributed by atoms with Crippen molar-refractivity contribution in [2.24, 2.45) is 0 Å². The summed E-state index contributed by atoms with van der Waals surface area (Å²) >= 11 is 0. The van der Waals surface area contributed by atoms with Crippen molar-refractivity contribution in [3.8, 4) is 0 Å². The maximum absolute atomic E-state index is 11.6. The van der Waals surface area contributed by atoms with E-state index in [0.717, 1.165) is 12.0 Å². The Labute approximate surface area is 90.6 Å². The van der Waals surface area contributed by atoms with Crippen LogP contribution in [0.1, 0.15) is 29.3 Å². The molecule has 0 radical (unpaired) electrons. The first-order valence-electron chi connectivity index (χ1n) is 5.15. The molecule has 0 aliphatic carbocycles. The van der Waals surface area contributed by atoms with Crippen LogP contribution in [0.3, 0.4) is 0 Å².